The molecular formula is C17H14FN3O4. The molecule has 0 saturated heterocycles. The van der Waals surface area contributed by atoms with Crippen LogP contribution in [0.2, 0.25) is 0 Å². The maximum Gasteiger partial charge on any atom is 0.335 e. The van der Waals surface area contributed by atoms with Crippen molar-refractivity contribution >= 4 is 11.6 Å². The quantitative estimate of drug-likeness (QED) is 0.737. The van der Waals surface area contributed by atoms with E-state index in [0.29, 0.717) is 10.3 Å². The van der Waals surface area contributed by atoms with Crippen LogP contribution in [0.3, 0.4) is 0 Å². The molecule has 1 amide bonds. The highest BCUT2D eigenvalue weighted by molar-refractivity contribution is 5.98. The van der Waals surface area contributed by atoms with Gasteiger partial charge in [-0.25, -0.2) is 13.8 Å². The molecule has 1 aromatic heterocycles. The third-order valence-electron chi connectivity index (χ3n) is 4.02. The van der Waals surface area contributed by atoms with Crippen molar-refractivity contribution in [1.82, 2.24) is 9.13 Å². The maximum absolute atomic E-state index is 14.5. The average molecular weight is 343 g/mol. The molecule has 2 aromatic rings. The largest absolute Gasteiger partial charge is 0.481 e. The molecule has 0 saturated carbocycles. The smallest absolute Gasteiger partial charge is 0.335 e. The number of halogens is 1. The van der Waals surface area contributed by atoms with E-state index in [1.54, 1.807) is 6.92 Å². The molecule has 0 N–H and O–H groups in total. The maximum atomic E-state index is 14.5. The number of nitrogens with zero attached hydrogens (tertiary/aromatic N) is 3. The Bertz CT molecular complexity index is 1050. The summed E-state index contributed by atoms with van der Waals surface area (Å²) < 4.78 is 21.7. The summed E-state index contributed by atoms with van der Waals surface area (Å²) in [5.74, 6) is 1.24. The molecule has 7 nitrogen and oxygen atoms in total. The summed E-state index contributed by atoms with van der Waals surface area (Å²) in [5.41, 5.74) is -0.997. The summed E-state index contributed by atoms with van der Waals surface area (Å²) in [6.07, 6.45) is 5.28. The lowest BCUT2D eigenvalue weighted by Crippen LogP contribution is -2.41. The van der Waals surface area contributed by atoms with Gasteiger partial charge >= 0.3 is 5.69 Å². The molecule has 1 aromatic carbocycles. The SMILES string of the molecule is C#CCN1C(=O)COc2cc(F)c(-n3c(=O)cc(C)n(C)c3=O)cc21. The van der Waals surface area contributed by atoms with Crippen LogP contribution in [-0.4, -0.2) is 28.2 Å². The number of aryl methyl sites for hydroxylation is 1. The van der Waals surface area contributed by atoms with Crippen molar-refractivity contribution in [1.29, 1.82) is 0 Å². The van der Waals surface area contributed by atoms with Crippen LogP contribution < -0.4 is 20.9 Å². The van der Waals surface area contributed by atoms with Gasteiger partial charge in [-0.15, -0.1) is 6.42 Å². The Balaban J connectivity index is 2.29. The first-order valence-corrected chi connectivity index (χ1v) is 7.35. The Hall–Kier alpha value is -3.34. The molecule has 1 aliphatic rings. The van der Waals surface area contributed by atoms with Gasteiger partial charge < -0.3 is 9.30 Å². The van der Waals surface area contributed by atoms with Crippen LogP contribution in [0.5, 0.6) is 5.75 Å². The zero-order chi connectivity index (χ0) is 18.3. The number of amides is 1. The summed E-state index contributed by atoms with van der Waals surface area (Å²) in [6, 6.07) is 3.48. The van der Waals surface area contributed by atoms with Crippen molar-refractivity contribution in [2.75, 3.05) is 18.1 Å². The second-order valence-corrected chi connectivity index (χ2v) is 5.54. The highest BCUT2D eigenvalue weighted by Gasteiger charge is 2.27. The monoisotopic (exact) mass is 343 g/mol. The van der Waals surface area contributed by atoms with Crippen LogP contribution in [-0.2, 0) is 11.8 Å². The number of benzene rings is 1. The number of hydrogen-bond donors (Lipinski definition) is 0. The van der Waals surface area contributed by atoms with Gasteiger partial charge in [-0.2, -0.15) is 0 Å². The van der Waals surface area contributed by atoms with Gasteiger partial charge in [0.05, 0.1) is 17.9 Å². The molecule has 2 heterocycles. The first-order chi connectivity index (χ1) is 11.8. The molecule has 3 rings (SSSR count). The minimum Gasteiger partial charge on any atom is -0.481 e. The van der Waals surface area contributed by atoms with Crippen LogP contribution in [0.25, 0.3) is 5.69 Å². The molecular weight excluding hydrogens is 329 g/mol. The fourth-order valence-electron chi connectivity index (χ4n) is 2.60. The number of carbonyl (C=O) groups excluding carboxylic acids is 1. The second kappa shape index (κ2) is 5.94. The van der Waals surface area contributed by atoms with Gasteiger partial charge in [-0.3, -0.25) is 14.5 Å². The molecule has 0 atom stereocenters. The van der Waals surface area contributed by atoms with Crippen molar-refractivity contribution in [2.45, 2.75) is 6.92 Å². The van der Waals surface area contributed by atoms with Gasteiger partial charge in [0.1, 0.15) is 5.75 Å². The van der Waals surface area contributed by atoms with E-state index in [0.717, 1.165) is 6.07 Å². The summed E-state index contributed by atoms with van der Waals surface area (Å²) in [4.78, 5) is 37.9. The van der Waals surface area contributed by atoms with Crippen LogP contribution in [0, 0.1) is 25.1 Å². The zero-order valence-electron chi connectivity index (χ0n) is 13.6. The van der Waals surface area contributed by atoms with Crippen LogP contribution in [0.15, 0.2) is 27.8 Å². The molecule has 25 heavy (non-hydrogen) atoms. The zero-order valence-corrected chi connectivity index (χ0v) is 13.6. The number of fused-ring (bicyclic) bond motifs is 1. The van der Waals surface area contributed by atoms with Crippen molar-refractivity contribution in [3.8, 4) is 23.8 Å². The number of rotatable bonds is 2. The van der Waals surface area contributed by atoms with E-state index in [2.05, 4.69) is 5.92 Å². The normalized spacial score (nSPS) is 13.2. The molecule has 0 radical (unpaired) electrons. The van der Waals surface area contributed by atoms with Crippen LogP contribution >= 0.6 is 0 Å². The summed E-state index contributed by atoms with van der Waals surface area (Å²) in [5, 5.41) is 0. The fraction of sp³-hybridized carbons (Fsp3) is 0.235. The molecule has 0 spiro atoms. The Morgan fingerprint density at radius 3 is 2.64 bits per heavy atom. The molecule has 0 unspecified atom stereocenters. The van der Waals surface area contributed by atoms with Crippen molar-refractivity contribution in [3.63, 3.8) is 0 Å². The first-order valence-electron chi connectivity index (χ1n) is 7.35. The number of aromatic nitrogens is 2. The van der Waals surface area contributed by atoms with Crippen molar-refractivity contribution in [3.05, 3.63) is 50.5 Å². The average Bonchev–Trinajstić information content (AvgIpc) is 2.56. The molecule has 0 aliphatic carbocycles. The van der Waals surface area contributed by atoms with E-state index in [-0.39, 0.29) is 30.3 Å². The van der Waals surface area contributed by atoms with Gasteiger partial charge in [-0.1, -0.05) is 5.92 Å². The number of carbonyl (C=O) groups is 1. The van der Waals surface area contributed by atoms with Gasteiger partial charge in [-0.05, 0) is 13.0 Å². The van der Waals surface area contributed by atoms with Crippen LogP contribution in [0.4, 0.5) is 10.1 Å². The third-order valence-corrected chi connectivity index (χ3v) is 4.02. The number of terminal acetylenes is 1. The van der Waals surface area contributed by atoms with Gasteiger partial charge in [0.2, 0.25) is 0 Å². The molecule has 1 aliphatic heterocycles. The van der Waals surface area contributed by atoms with Gasteiger partial charge in [0.15, 0.2) is 12.4 Å². The molecule has 0 fully saturated rings. The summed E-state index contributed by atoms with van der Waals surface area (Å²) in [7, 11) is 1.47. The minimum atomic E-state index is -0.822. The molecule has 8 heteroatoms. The van der Waals surface area contributed by atoms with Crippen LogP contribution in [0.1, 0.15) is 5.69 Å². The van der Waals surface area contributed by atoms with Crippen molar-refractivity contribution in [2.24, 2.45) is 7.05 Å². The Morgan fingerprint density at radius 2 is 1.96 bits per heavy atom. The van der Waals surface area contributed by atoms with Crippen molar-refractivity contribution < 1.29 is 13.9 Å². The Morgan fingerprint density at radius 1 is 1.24 bits per heavy atom. The molecule has 128 valence electrons. The number of anilines is 1. The van der Waals surface area contributed by atoms with E-state index in [1.807, 2.05) is 0 Å². The van der Waals surface area contributed by atoms with Gasteiger partial charge in [0.25, 0.3) is 11.5 Å². The van der Waals surface area contributed by atoms with E-state index in [1.165, 1.54) is 28.6 Å². The Kier molecular flexibility index (Phi) is 3.93. The van der Waals surface area contributed by atoms with E-state index in [9.17, 15) is 18.8 Å². The van der Waals surface area contributed by atoms with E-state index in [4.69, 9.17) is 11.2 Å². The van der Waals surface area contributed by atoms with E-state index < -0.39 is 23.0 Å². The van der Waals surface area contributed by atoms with Gasteiger partial charge in [0, 0.05) is 24.9 Å². The lowest BCUT2D eigenvalue weighted by atomic mass is 10.2. The minimum absolute atomic E-state index is 0.0406. The lowest BCUT2D eigenvalue weighted by molar-refractivity contribution is -0.121. The fourth-order valence-corrected chi connectivity index (χ4v) is 2.60. The predicted molar refractivity (Wildman–Crippen MR) is 88.7 cm³/mol. The Labute approximate surface area is 141 Å². The second-order valence-electron chi connectivity index (χ2n) is 5.54. The summed E-state index contributed by atoms with van der Waals surface area (Å²) in [6.45, 7) is 1.29. The predicted octanol–water partition coefficient (Wildman–Crippen LogP) is 0.342. The molecule has 0 bridgehead atoms. The number of hydrogen-bond acceptors (Lipinski definition) is 4. The third kappa shape index (κ3) is 2.59. The standard InChI is InChI=1S/C17H14FN3O4/c1-4-5-20-13-8-12(11(18)7-14(13)25-9-16(20)23)21-15(22)6-10(2)19(3)17(21)24/h1,6-8H,5,9H2,2-3H3. The first kappa shape index (κ1) is 16.5. The summed E-state index contributed by atoms with van der Waals surface area (Å²) >= 11 is 0. The highest BCUT2D eigenvalue weighted by Crippen LogP contribution is 2.35. The number of ether oxygens (including phenoxy) is 1. The topological polar surface area (TPSA) is 73.5 Å². The highest BCUT2D eigenvalue weighted by atomic mass is 19.1. The lowest BCUT2D eigenvalue weighted by Gasteiger charge is -2.28. The van der Waals surface area contributed by atoms with E-state index >= 15 is 0 Å².